The van der Waals surface area contributed by atoms with Gasteiger partial charge in [0.25, 0.3) is 17.7 Å². The third kappa shape index (κ3) is 3.49. The van der Waals surface area contributed by atoms with Gasteiger partial charge in [0.2, 0.25) is 0 Å². The first-order valence-electron chi connectivity index (χ1n) is 10.9. The van der Waals surface area contributed by atoms with E-state index in [4.69, 9.17) is 4.74 Å². The Bertz CT molecular complexity index is 1220. The molecule has 1 fully saturated rings. The minimum Gasteiger partial charge on any atom is -0.494 e. The molecule has 6 nitrogen and oxygen atoms in total. The molecule has 0 saturated carbocycles. The number of anilines is 1. The fourth-order valence-corrected chi connectivity index (χ4v) is 4.35. The van der Waals surface area contributed by atoms with Crippen LogP contribution in [0.5, 0.6) is 5.75 Å². The van der Waals surface area contributed by atoms with Gasteiger partial charge < -0.3 is 9.64 Å². The first kappa shape index (κ1) is 20.7. The van der Waals surface area contributed by atoms with Crippen LogP contribution in [0.4, 0.5) is 5.69 Å². The van der Waals surface area contributed by atoms with Crippen molar-refractivity contribution in [3.8, 4) is 5.75 Å². The predicted octanol–water partition coefficient (Wildman–Crippen LogP) is 4.18. The van der Waals surface area contributed by atoms with Crippen LogP contribution in [0.3, 0.4) is 0 Å². The van der Waals surface area contributed by atoms with E-state index >= 15 is 0 Å². The molecule has 5 rings (SSSR count). The zero-order chi connectivity index (χ0) is 22.9. The molecule has 0 N–H and O–H groups in total. The molecule has 2 atom stereocenters. The number of imide groups is 1. The molecule has 0 radical (unpaired) electrons. The smallest absolute Gasteiger partial charge is 0.262 e. The molecule has 6 heteroatoms. The van der Waals surface area contributed by atoms with Crippen LogP contribution >= 0.6 is 0 Å². The minimum atomic E-state index is -0.899. The van der Waals surface area contributed by atoms with Crippen molar-refractivity contribution in [3.05, 3.63) is 102 Å². The zero-order valence-electron chi connectivity index (χ0n) is 18.0. The Morgan fingerprint density at radius 2 is 1.39 bits per heavy atom. The second-order valence-corrected chi connectivity index (χ2v) is 7.87. The highest BCUT2D eigenvalue weighted by molar-refractivity contribution is 6.24. The summed E-state index contributed by atoms with van der Waals surface area (Å²) in [6, 6.07) is 22.2. The molecule has 2 heterocycles. The van der Waals surface area contributed by atoms with Gasteiger partial charge in [-0.25, -0.2) is 0 Å². The van der Waals surface area contributed by atoms with E-state index in [0.29, 0.717) is 29.2 Å². The van der Waals surface area contributed by atoms with E-state index < -0.39 is 23.9 Å². The van der Waals surface area contributed by atoms with Gasteiger partial charge in [-0.2, -0.15) is 0 Å². The first-order valence-corrected chi connectivity index (χ1v) is 10.9. The second-order valence-electron chi connectivity index (χ2n) is 7.87. The summed E-state index contributed by atoms with van der Waals surface area (Å²) in [6.45, 7) is 2.45. The average molecular weight is 438 g/mol. The fraction of sp³-hybridized carbons (Fsp3) is 0.148. The number of fused-ring (bicyclic) bond motifs is 1. The molecule has 0 aromatic heterocycles. The highest BCUT2D eigenvalue weighted by Crippen LogP contribution is 2.37. The van der Waals surface area contributed by atoms with E-state index in [0.717, 1.165) is 10.5 Å². The number of hydrogen-bond acceptors (Lipinski definition) is 4. The van der Waals surface area contributed by atoms with Gasteiger partial charge in [-0.05, 0) is 48.9 Å². The van der Waals surface area contributed by atoms with Crippen molar-refractivity contribution < 1.29 is 19.1 Å². The lowest BCUT2D eigenvalue weighted by Crippen LogP contribution is -2.71. The standard InChI is InChI=1S/C27H22N2O4/c1-2-33-20-15-13-19(14-16-20)28-23(17-12-18-8-4-3-5-9-18)24(27(28)32)29-25(30)21-10-6-7-11-22(21)26(29)31/h3-17,23-24H,2H2,1H3. The summed E-state index contributed by atoms with van der Waals surface area (Å²) in [5, 5.41) is 0. The Kier molecular flexibility index (Phi) is 5.26. The molecule has 2 unspecified atom stereocenters. The van der Waals surface area contributed by atoms with Gasteiger partial charge in [-0.15, -0.1) is 0 Å². The molecule has 0 aliphatic carbocycles. The van der Waals surface area contributed by atoms with Crippen molar-refractivity contribution >= 4 is 29.5 Å². The van der Waals surface area contributed by atoms with Crippen LogP contribution in [-0.4, -0.2) is 41.3 Å². The topological polar surface area (TPSA) is 66.9 Å². The number of hydrogen-bond donors (Lipinski definition) is 0. The van der Waals surface area contributed by atoms with Crippen molar-refractivity contribution in [1.29, 1.82) is 0 Å². The summed E-state index contributed by atoms with van der Waals surface area (Å²) in [6.07, 6.45) is 3.78. The largest absolute Gasteiger partial charge is 0.494 e. The van der Waals surface area contributed by atoms with Crippen molar-refractivity contribution in [2.24, 2.45) is 0 Å². The van der Waals surface area contributed by atoms with Gasteiger partial charge in [-0.3, -0.25) is 19.3 Å². The quantitative estimate of drug-likeness (QED) is 0.428. The van der Waals surface area contributed by atoms with Gasteiger partial charge in [0, 0.05) is 5.69 Å². The van der Waals surface area contributed by atoms with E-state index in [-0.39, 0.29) is 5.91 Å². The predicted molar refractivity (Wildman–Crippen MR) is 125 cm³/mol. The molecule has 1 saturated heterocycles. The van der Waals surface area contributed by atoms with E-state index in [9.17, 15) is 14.4 Å². The summed E-state index contributed by atoms with van der Waals surface area (Å²) < 4.78 is 5.50. The highest BCUT2D eigenvalue weighted by Gasteiger charge is 2.55. The van der Waals surface area contributed by atoms with Crippen LogP contribution in [-0.2, 0) is 4.79 Å². The lowest BCUT2D eigenvalue weighted by atomic mass is 9.91. The number of β-lactam (4-membered cyclic amide) rings is 1. The molecule has 2 aliphatic heterocycles. The molecule has 3 aromatic rings. The molecule has 2 aliphatic rings. The number of rotatable bonds is 6. The number of ether oxygens (including phenoxy) is 1. The molecule has 3 amide bonds. The van der Waals surface area contributed by atoms with E-state index in [1.165, 1.54) is 0 Å². The lowest BCUT2D eigenvalue weighted by Gasteiger charge is -2.48. The Labute approximate surface area is 191 Å². The number of carbonyl (C=O) groups excluding carboxylic acids is 3. The Balaban J connectivity index is 1.50. The highest BCUT2D eigenvalue weighted by atomic mass is 16.5. The van der Waals surface area contributed by atoms with Crippen molar-refractivity contribution in [2.75, 3.05) is 11.5 Å². The second kappa shape index (κ2) is 8.39. The Hall–Kier alpha value is -4.19. The first-order chi connectivity index (χ1) is 16.1. The van der Waals surface area contributed by atoms with E-state index in [2.05, 4.69) is 0 Å². The normalized spacial score (nSPS) is 19.7. The van der Waals surface area contributed by atoms with Crippen molar-refractivity contribution in [3.63, 3.8) is 0 Å². The zero-order valence-corrected chi connectivity index (χ0v) is 18.0. The molecule has 0 bridgehead atoms. The Morgan fingerprint density at radius 1 is 0.788 bits per heavy atom. The van der Waals surface area contributed by atoms with Gasteiger partial charge >= 0.3 is 0 Å². The maximum atomic E-state index is 13.3. The Morgan fingerprint density at radius 3 is 2.00 bits per heavy atom. The van der Waals surface area contributed by atoms with Crippen LogP contribution in [0.1, 0.15) is 33.2 Å². The summed E-state index contributed by atoms with van der Waals surface area (Å²) in [7, 11) is 0. The average Bonchev–Trinajstić information content (AvgIpc) is 3.09. The van der Waals surface area contributed by atoms with Gasteiger partial charge in [-0.1, -0.05) is 54.6 Å². The minimum absolute atomic E-state index is 0.295. The van der Waals surface area contributed by atoms with Gasteiger partial charge in [0.15, 0.2) is 0 Å². The maximum absolute atomic E-state index is 13.3. The van der Waals surface area contributed by atoms with E-state index in [1.807, 2.05) is 61.5 Å². The summed E-state index contributed by atoms with van der Waals surface area (Å²) >= 11 is 0. The van der Waals surface area contributed by atoms with Crippen LogP contribution in [0.15, 0.2) is 84.9 Å². The SMILES string of the molecule is CCOc1ccc(N2C(=O)C(N3C(=O)c4ccccc4C3=O)C2C=Cc2ccccc2)cc1. The van der Waals surface area contributed by atoms with Crippen LogP contribution in [0.25, 0.3) is 6.08 Å². The van der Waals surface area contributed by atoms with Gasteiger partial charge in [0.1, 0.15) is 11.8 Å². The lowest BCUT2D eigenvalue weighted by molar-refractivity contribution is -0.128. The van der Waals surface area contributed by atoms with Crippen molar-refractivity contribution in [1.82, 2.24) is 4.90 Å². The number of benzene rings is 3. The molecular weight excluding hydrogens is 416 g/mol. The fourth-order valence-electron chi connectivity index (χ4n) is 4.35. The van der Waals surface area contributed by atoms with Crippen LogP contribution in [0.2, 0.25) is 0 Å². The molecule has 164 valence electrons. The van der Waals surface area contributed by atoms with E-state index in [1.54, 1.807) is 41.3 Å². The number of carbonyl (C=O) groups is 3. The molecular formula is C27H22N2O4. The molecule has 3 aromatic carbocycles. The molecule has 33 heavy (non-hydrogen) atoms. The third-order valence-electron chi connectivity index (χ3n) is 5.93. The number of amides is 3. The van der Waals surface area contributed by atoms with Crippen molar-refractivity contribution in [2.45, 2.75) is 19.0 Å². The van der Waals surface area contributed by atoms with Gasteiger partial charge in [0.05, 0.1) is 23.8 Å². The number of nitrogens with zero attached hydrogens (tertiary/aromatic N) is 2. The summed E-state index contributed by atoms with van der Waals surface area (Å²) in [5.41, 5.74) is 2.31. The molecule has 0 spiro atoms. The summed E-state index contributed by atoms with van der Waals surface area (Å²) in [5.74, 6) is -0.448. The monoisotopic (exact) mass is 438 g/mol. The maximum Gasteiger partial charge on any atom is 0.262 e. The van der Waals surface area contributed by atoms with Crippen LogP contribution < -0.4 is 9.64 Å². The van der Waals surface area contributed by atoms with Crippen LogP contribution in [0, 0.1) is 0 Å². The third-order valence-corrected chi connectivity index (χ3v) is 5.93. The summed E-state index contributed by atoms with van der Waals surface area (Å²) in [4.78, 5) is 42.2.